The van der Waals surface area contributed by atoms with Gasteiger partial charge in [0, 0.05) is 18.4 Å². The average molecular weight is 323 g/mol. The molecule has 0 spiro atoms. The van der Waals surface area contributed by atoms with E-state index >= 15 is 0 Å². The Morgan fingerprint density at radius 3 is 2.82 bits per heavy atom. The summed E-state index contributed by atoms with van der Waals surface area (Å²) in [4.78, 5) is 12.4. The van der Waals surface area contributed by atoms with Crippen molar-refractivity contribution in [3.05, 3.63) is 35.4 Å². The molecule has 1 aromatic rings. The predicted molar refractivity (Wildman–Crippen MR) is 92.3 cm³/mol. The molecule has 1 aromatic carbocycles. The monoisotopic (exact) mass is 322 g/mol. The molecule has 122 valence electrons. The Balaban J connectivity index is 0.00000176. The third-order valence-electron chi connectivity index (χ3n) is 5.31. The van der Waals surface area contributed by atoms with Crippen LogP contribution in [-0.2, 0) is 11.2 Å². The SMILES string of the molecule is Cl.NC[C@H]1CCC[C@H]1C(=O)NCC1CCCc2ccccc21. The van der Waals surface area contributed by atoms with E-state index in [1.165, 1.54) is 30.4 Å². The highest BCUT2D eigenvalue weighted by Crippen LogP contribution is 2.33. The molecular formula is C18H27ClN2O. The van der Waals surface area contributed by atoms with E-state index in [1.54, 1.807) is 0 Å². The lowest BCUT2D eigenvalue weighted by molar-refractivity contribution is -0.126. The first-order valence-electron chi connectivity index (χ1n) is 8.35. The fraction of sp³-hybridized carbons (Fsp3) is 0.611. The zero-order valence-corrected chi connectivity index (χ0v) is 13.9. The molecule has 2 aliphatic rings. The fourth-order valence-corrected chi connectivity index (χ4v) is 4.09. The Hall–Kier alpha value is -1.06. The van der Waals surface area contributed by atoms with Gasteiger partial charge < -0.3 is 11.1 Å². The summed E-state index contributed by atoms with van der Waals surface area (Å²) in [5, 5.41) is 3.21. The van der Waals surface area contributed by atoms with Gasteiger partial charge in [0.1, 0.15) is 0 Å². The molecule has 1 fully saturated rings. The zero-order chi connectivity index (χ0) is 14.7. The van der Waals surface area contributed by atoms with Crippen molar-refractivity contribution >= 4 is 18.3 Å². The Morgan fingerprint density at radius 1 is 1.18 bits per heavy atom. The number of carbonyl (C=O) groups excluding carboxylic acids is 1. The molecular weight excluding hydrogens is 296 g/mol. The number of hydrogen-bond acceptors (Lipinski definition) is 2. The van der Waals surface area contributed by atoms with Gasteiger partial charge in [0.05, 0.1) is 0 Å². The number of benzene rings is 1. The lowest BCUT2D eigenvalue weighted by Crippen LogP contribution is -2.37. The van der Waals surface area contributed by atoms with E-state index < -0.39 is 0 Å². The van der Waals surface area contributed by atoms with Crippen LogP contribution in [0.1, 0.15) is 49.1 Å². The summed E-state index contributed by atoms with van der Waals surface area (Å²) in [6, 6.07) is 8.68. The van der Waals surface area contributed by atoms with Gasteiger partial charge in [0.25, 0.3) is 0 Å². The van der Waals surface area contributed by atoms with Crippen LogP contribution < -0.4 is 11.1 Å². The van der Waals surface area contributed by atoms with E-state index in [4.69, 9.17) is 5.73 Å². The standard InChI is InChI=1S/C18H26N2O.ClH/c19-11-14-7-4-10-17(14)18(21)20-12-15-8-3-6-13-5-1-2-9-16(13)15;/h1-2,5,9,14-15,17H,3-4,6-8,10-12,19H2,(H,20,21);1H/t14-,15?,17-;/m1./s1. The maximum absolute atomic E-state index is 12.4. The molecule has 3 atom stereocenters. The molecule has 3 nitrogen and oxygen atoms in total. The van der Waals surface area contributed by atoms with Crippen molar-refractivity contribution < 1.29 is 4.79 Å². The average Bonchev–Trinajstić information content (AvgIpc) is 3.01. The van der Waals surface area contributed by atoms with Crippen molar-refractivity contribution in [2.75, 3.05) is 13.1 Å². The highest BCUT2D eigenvalue weighted by Gasteiger charge is 2.32. The highest BCUT2D eigenvalue weighted by atomic mass is 35.5. The number of nitrogens with one attached hydrogen (secondary N) is 1. The summed E-state index contributed by atoms with van der Waals surface area (Å²) >= 11 is 0. The maximum atomic E-state index is 12.4. The summed E-state index contributed by atoms with van der Waals surface area (Å²) in [5.74, 6) is 1.25. The van der Waals surface area contributed by atoms with E-state index in [0.29, 0.717) is 18.4 Å². The minimum Gasteiger partial charge on any atom is -0.355 e. The maximum Gasteiger partial charge on any atom is 0.223 e. The van der Waals surface area contributed by atoms with Gasteiger partial charge in [0.2, 0.25) is 5.91 Å². The largest absolute Gasteiger partial charge is 0.355 e. The van der Waals surface area contributed by atoms with Crippen molar-refractivity contribution in [3.8, 4) is 0 Å². The molecule has 1 unspecified atom stereocenters. The molecule has 3 N–H and O–H groups in total. The quantitative estimate of drug-likeness (QED) is 0.895. The number of hydrogen-bond donors (Lipinski definition) is 2. The van der Waals surface area contributed by atoms with E-state index in [-0.39, 0.29) is 24.2 Å². The van der Waals surface area contributed by atoms with Gasteiger partial charge in [0.15, 0.2) is 0 Å². The van der Waals surface area contributed by atoms with Crippen molar-refractivity contribution in [2.24, 2.45) is 17.6 Å². The second-order valence-electron chi connectivity index (χ2n) is 6.57. The molecule has 0 bridgehead atoms. The fourth-order valence-electron chi connectivity index (χ4n) is 4.09. The van der Waals surface area contributed by atoms with Crippen LogP contribution in [0.15, 0.2) is 24.3 Å². The number of aryl methyl sites for hydroxylation is 1. The third kappa shape index (κ3) is 3.64. The van der Waals surface area contributed by atoms with Crippen LogP contribution >= 0.6 is 12.4 Å². The van der Waals surface area contributed by atoms with Crippen LogP contribution in [0.5, 0.6) is 0 Å². The van der Waals surface area contributed by atoms with Crippen molar-refractivity contribution in [1.29, 1.82) is 0 Å². The topological polar surface area (TPSA) is 55.1 Å². The molecule has 0 aliphatic heterocycles. The number of halogens is 1. The second-order valence-corrected chi connectivity index (χ2v) is 6.57. The van der Waals surface area contributed by atoms with Gasteiger partial charge in [-0.25, -0.2) is 0 Å². The van der Waals surface area contributed by atoms with Crippen molar-refractivity contribution in [2.45, 2.75) is 44.4 Å². The zero-order valence-electron chi connectivity index (χ0n) is 13.1. The van der Waals surface area contributed by atoms with Gasteiger partial charge in [-0.15, -0.1) is 12.4 Å². The number of carbonyl (C=O) groups is 1. The Bertz CT molecular complexity index is 506. The highest BCUT2D eigenvalue weighted by molar-refractivity contribution is 5.85. The van der Waals surface area contributed by atoms with Gasteiger partial charge in [-0.1, -0.05) is 30.7 Å². The number of fused-ring (bicyclic) bond motifs is 1. The van der Waals surface area contributed by atoms with E-state index in [9.17, 15) is 4.79 Å². The first kappa shape index (κ1) is 17.3. The Kier molecular flexibility index (Phi) is 6.27. The molecule has 2 aliphatic carbocycles. The van der Waals surface area contributed by atoms with Crippen LogP contribution in [0.2, 0.25) is 0 Å². The molecule has 22 heavy (non-hydrogen) atoms. The van der Waals surface area contributed by atoms with Gasteiger partial charge in [-0.05, 0) is 55.7 Å². The van der Waals surface area contributed by atoms with Gasteiger partial charge in [-0.3, -0.25) is 4.79 Å². The van der Waals surface area contributed by atoms with Crippen LogP contribution in [0.3, 0.4) is 0 Å². The molecule has 4 heteroatoms. The molecule has 0 saturated heterocycles. The molecule has 0 heterocycles. The number of rotatable bonds is 4. The Morgan fingerprint density at radius 2 is 2.00 bits per heavy atom. The number of nitrogens with two attached hydrogens (primary N) is 1. The first-order valence-corrected chi connectivity index (χ1v) is 8.35. The lowest BCUT2D eigenvalue weighted by Gasteiger charge is -2.26. The van der Waals surface area contributed by atoms with Crippen LogP contribution in [0.25, 0.3) is 0 Å². The minimum absolute atomic E-state index is 0. The molecule has 0 radical (unpaired) electrons. The van der Waals surface area contributed by atoms with Crippen LogP contribution in [-0.4, -0.2) is 19.0 Å². The number of amides is 1. The van der Waals surface area contributed by atoms with Gasteiger partial charge >= 0.3 is 0 Å². The third-order valence-corrected chi connectivity index (χ3v) is 5.31. The summed E-state index contributed by atoms with van der Waals surface area (Å²) in [6.45, 7) is 1.42. The summed E-state index contributed by atoms with van der Waals surface area (Å²) in [7, 11) is 0. The van der Waals surface area contributed by atoms with Crippen LogP contribution in [0, 0.1) is 11.8 Å². The van der Waals surface area contributed by atoms with Crippen molar-refractivity contribution in [1.82, 2.24) is 5.32 Å². The summed E-state index contributed by atoms with van der Waals surface area (Å²) in [5.41, 5.74) is 8.68. The molecule has 0 aromatic heterocycles. The Labute approximate surface area is 139 Å². The van der Waals surface area contributed by atoms with E-state index in [1.807, 2.05) is 0 Å². The lowest BCUT2D eigenvalue weighted by atomic mass is 9.82. The summed E-state index contributed by atoms with van der Waals surface area (Å²) < 4.78 is 0. The van der Waals surface area contributed by atoms with Gasteiger partial charge in [-0.2, -0.15) is 0 Å². The molecule has 1 saturated carbocycles. The smallest absolute Gasteiger partial charge is 0.223 e. The molecule has 1 amide bonds. The second kappa shape index (κ2) is 7.98. The summed E-state index contributed by atoms with van der Waals surface area (Å²) in [6.07, 6.45) is 6.86. The first-order chi connectivity index (χ1) is 10.3. The van der Waals surface area contributed by atoms with Crippen molar-refractivity contribution in [3.63, 3.8) is 0 Å². The van der Waals surface area contributed by atoms with Crippen LogP contribution in [0.4, 0.5) is 0 Å². The predicted octanol–water partition coefficient (Wildman–Crippen LogP) is 3.02. The normalized spacial score (nSPS) is 26.9. The van der Waals surface area contributed by atoms with E-state index in [2.05, 4.69) is 29.6 Å². The minimum atomic E-state index is 0. The molecule has 3 rings (SSSR count). The van der Waals surface area contributed by atoms with E-state index in [0.717, 1.165) is 25.8 Å².